The first-order chi connectivity index (χ1) is 11.6. The molecule has 7 heteroatoms. The number of aromatic nitrogens is 1. The maximum atomic E-state index is 12.4. The van der Waals surface area contributed by atoms with E-state index in [1.54, 1.807) is 37.4 Å². The molecule has 2 heterocycles. The first kappa shape index (κ1) is 16.3. The first-order valence-electron chi connectivity index (χ1n) is 7.48. The molecule has 1 aliphatic heterocycles. The number of halogens is 1. The molecule has 1 atom stereocenters. The zero-order valence-corrected chi connectivity index (χ0v) is 13.8. The normalized spacial score (nSPS) is 14.6. The molecule has 0 aliphatic carbocycles. The molecular formula is C17H16ClN3O3. The quantitative estimate of drug-likeness (QED) is 0.921. The molecule has 0 spiro atoms. The van der Waals surface area contributed by atoms with E-state index >= 15 is 0 Å². The number of benzene rings is 1. The van der Waals surface area contributed by atoms with Crippen molar-refractivity contribution in [3.05, 3.63) is 53.3 Å². The summed E-state index contributed by atoms with van der Waals surface area (Å²) in [6.07, 6.45) is 1.66. The van der Waals surface area contributed by atoms with Crippen LogP contribution in [0.15, 0.2) is 42.6 Å². The third-order valence-electron chi connectivity index (χ3n) is 3.74. The number of hydrogen-bond acceptors (Lipinski definition) is 4. The van der Waals surface area contributed by atoms with Crippen LogP contribution in [0, 0.1) is 0 Å². The number of amides is 2. The summed E-state index contributed by atoms with van der Waals surface area (Å²) in [6.45, 7) is 1.86. The van der Waals surface area contributed by atoms with Gasteiger partial charge in [0.2, 0.25) is 5.91 Å². The van der Waals surface area contributed by atoms with Crippen LogP contribution in [0.25, 0.3) is 0 Å². The Hall–Kier alpha value is -2.60. The van der Waals surface area contributed by atoms with Crippen molar-refractivity contribution in [2.24, 2.45) is 0 Å². The summed E-state index contributed by atoms with van der Waals surface area (Å²) >= 11 is 6.01. The van der Waals surface area contributed by atoms with Crippen LogP contribution in [0.2, 0.25) is 5.02 Å². The highest BCUT2D eigenvalue weighted by Gasteiger charge is 2.33. The smallest absolute Gasteiger partial charge is 0.265 e. The molecule has 0 saturated heterocycles. The van der Waals surface area contributed by atoms with Crippen LogP contribution in [0.1, 0.15) is 12.6 Å². The Balaban J connectivity index is 1.76. The predicted molar refractivity (Wildman–Crippen MR) is 90.0 cm³/mol. The Labute approximate surface area is 144 Å². The Morgan fingerprint density at radius 2 is 2.25 bits per heavy atom. The van der Waals surface area contributed by atoms with Crippen LogP contribution >= 0.6 is 11.6 Å². The van der Waals surface area contributed by atoms with Gasteiger partial charge in [0.25, 0.3) is 5.91 Å². The number of rotatable bonds is 4. The van der Waals surface area contributed by atoms with Crippen molar-refractivity contribution >= 4 is 29.1 Å². The summed E-state index contributed by atoms with van der Waals surface area (Å²) < 4.78 is 5.39. The summed E-state index contributed by atoms with van der Waals surface area (Å²) in [4.78, 5) is 30.3. The van der Waals surface area contributed by atoms with Crippen molar-refractivity contribution in [3.63, 3.8) is 0 Å². The van der Waals surface area contributed by atoms with Gasteiger partial charge in [0.1, 0.15) is 11.8 Å². The fraction of sp³-hybridized carbons (Fsp3) is 0.235. The molecule has 2 amide bonds. The predicted octanol–water partition coefficient (Wildman–Crippen LogP) is 2.17. The average Bonchev–Trinajstić information content (AvgIpc) is 2.60. The number of nitrogens with one attached hydrogen (secondary N) is 1. The maximum Gasteiger partial charge on any atom is 0.265 e. The fourth-order valence-electron chi connectivity index (χ4n) is 2.51. The molecule has 1 N–H and O–H groups in total. The molecule has 1 aliphatic rings. The second-order valence-electron chi connectivity index (χ2n) is 5.38. The Morgan fingerprint density at radius 1 is 1.42 bits per heavy atom. The molecule has 0 radical (unpaired) electrons. The molecule has 1 aromatic carbocycles. The van der Waals surface area contributed by atoms with Gasteiger partial charge >= 0.3 is 0 Å². The van der Waals surface area contributed by atoms with Gasteiger partial charge in [-0.15, -0.1) is 0 Å². The largest absolute Gasteiger partial charge is 0.482 e. The van der Waals surface area contributed by atoms with Gasteiger partial charge in [-0.05, 0) is 37.3 Å². The number of carbonyl (C=O) groups is 2. The number of anilines is 1. The van der Waals surface area contributed by atoms with Crippen LogP contribution in [-0.2, 0) is 16.1 Å². The van der Waals surface area contributed by atoms with Gasteiger partial charge in [0.15, 0.2) is 6.61 Å². The molecule has 6 nitrogen and oxygen atoms in total. The molecule has 1 unspecified atom stereocenters. The fourth-order valence-corrected chi connectivity index (χ4v) is 2.68. The van der Waals surface area contributed by atoms with Gasteiger partial charge in [-0.3, -0.25) is 19.5 Å². The number of hydrogen-bond donors (Lipinski definition) is 1. The number of carbonyl (C=O) groups excluding carboxylic acids is 2. The average molecular weight is 346 g/mol. The first-order valence-corrected chi connectivity index (χ1v) is 7.86. The molecule has 0 saturated carbocycles. The molecule has 1 aromatic heterocycles. The lowest BCUT2D eigenvalue weighted by atomic mass is 10.1. The summed E-state index contributed by atoms with van der Waals surface area (Å²) in [5.74, 6) is -0.0320. The van der Waals surface area contributed by atoms with Gasteiger partial charge < -0.3 is 10.1 Å². The Morgan fingerprint density at radius 3 is 3.00 bits per heavy atom. The van der Waals surface area contributed by atoms with Crippen LogP contribution < -0.4 is 15.0 Å². The lowest BCUT2D eigenvalue weighted by Crippen LogP contribution is -2.51. The molecule has 3 rings (SSSR count). The summed E-state index contributed by atoms with van der Waals surface area (Å²) in [5.41, 5.74) is 1.24. The number of pyridine rings is 1. The van der Waals surface area contributed by atoms with Crippen molar-refractivity contribution in [1.29, 1.82) is 0 Å². The third kappa shape index (κ3) is 3.33. The van der Waals surface area contributed by atoms with Gasteiger partial charge in [-0.1, -0.05) is 17.7 Å². The SMILES string of the molecule is CC(C(=O)NCc1ccccn1)N1C(=O)COc2ccc(Cl)cc21. The molecule has 2 aromatic rings. The van der Waals surface area contributed by atoms with E-state index in [1.165, 1.54) is 4.90 Å². The molecular weight excluding hydrogens is 330 g/mol. The van der Waals surface area contributed by atoms with Crippen molar-refractivity contribution in [2.45, 2.75) is 19.5 Å². The summed E-state index contributed by atoms with van der Waals surface area (Å²) in [6, 6.07) is 9.77. The zero-order chi connectivity index (χ0) is 17.1. The van der Waals surface area contributed by atoms with Crippen molar-refractivity contribution in [1.82, 2.24) is 10.3 Å². The molecule has 0 fully saturated rings. The van der Waals surface area contributed by atoms with Crippen molar-refractivity contribution < 1.29 is 14.3 Å². The number of fused-ring (bicyclic) bond motifs is 1. The van der Waals surface area contributed by atoms with E-state index in [0.717, 1.165) is 5.69 Å². The lowest BCUT2D eigenvalue weighted by Gasteiger charge is -2.33. The van der Waals surface area contributed by atoms with Crippen LogP contribution in [0.3, 0.4) is 0 Å². The monoisotopic (exact) mass is 345 g/mol. The van der Waals surface area contributed by atoms with Crippen LogP contribution in [0.5, 0.6) is 5.75 Å². The molecule has 24 heavy (non-hydrogen) atoms. The second kappa shape index (κ2) is 6.88. The van der Waals surface area contributed by atoms with E-state index < -0.39 is 6.04 Å². The molecule has 0 bridgehead atoms. The highest BCUT2D eigenvalue weighted by atomic mass is 35.5. The minimum Gasteiger partial charge on any atom is -0.482 e. The van der Waals surface area contributed by atoms with E-state index in [-0.39, 0.29) is 18.4 Å². The summed E-state index contributed by atoms with van der Waals surface area (Å²) in [7, 11) is 0. The van der Waals surface area contributed by atoms with Crippen molar-refractivity contribution in [3.8, 4) is 5.75 Å². The third-order valence-corrected chi connectivity index (χ3v) is 3.97. The van der Waals surface area contributed by atoms with E-state index in [0.29, 0.717) is 23.0 Å². The maximum absolute atomic E-state index is 12.4. The highest BCUT2D eigenvalue weighted by molar-refractivity contribution is 6.31. The van der Waals surface area contributed by atoms with Gasteiger partial charge in [-0.2, -0.15) is 0 Å². The zero-order valence-electron chi connectivity index (χ0n) is 13.0. The Bertz CT molecular complexity index is 767. The highest BCUT2D eigenvalue weighted by Crippen LogP contribution is 2.35. The van der Waals surface area contributed by atoms with E-state index in [4.69, 9.17) is 16.3 Å². The minimum absolute atomic E-state index is 0.105. The van der Waals surface area contributed by atoms with Crippen LogP contribution in [0.4, 0.5) is 5.69 Å². The van der Waals surface area contributed by atoms with E-state index in [2.05, 4.69) is 10.3 Å². The Kier molecular flexibility index (Phi) is 4.66. The van der Waals surface area contributed by atoms with Crippen LogP contribution in [-0.4, -0.2) is 29.4 Å². The number of ether oxygens (including phenoxy) is 1. The van der Waals surface area contributed by atoms with Gasteiger partial charge in [0.05, 0.1) is 17.9 Å². The van der Waals surface area contributed by atoms with Crippen molar-refractivity contribution in [2.75, 3.05) is 11.5 Å². The standard InChI is InChI=1S/C17H16ClN3O3/c1-11(17(23)20-9-13-4-2-3-7-19-13)21-14-8-12(18)5-6-15(14)24-10-16(21)22/h2-8,11H,9-10H2,1H3,(H,20,23). The van der Waals surface area contributed by atoms with E-state index in [1.807, 2.05) is 12.1 Å². The number of nitrogens with zero attached hydrogens (tertiary/aromatic N) is 2. The van der Waals surface area contributed by atoms with Gasteiger partial charge in [0, 0.05) is 11.2 Å². The van der Waals surface area contributed by atoms with E-state index in [9.17, 15) is 9.59 Å². The molecule has 124 valence electrons. The summed E-state index contributed by atoms with van der Waals surface area (Å²) in [5, 5.41) is 3.26. The van der Waals surface area contributed by atoms with Gasteiger partial charge in [-0.25, -0.2) is 0 Å². The topological polar surface area (TPSA) is 71.5 Å². The second-order valence-corrected chi connectivity index (χ2v) is 5.82. The minimum atomic E-state index is -0.692. The lowest BCUT2D eigenvalue weighted by molar-refractivity contribution is -0.127.